The number of nitrogens with zero attached hydrogens (tertiary/aromatic N) is 2. The van der Waals surface area contributed by atoms with Crippen LogP contribution in [0.15, 0.2) is 60.0 Å². The smallest absolute Gasteiger partial charge is 0.277 e. The summed E-state index contributed by atoms with van der Waals surface area (Å²) in [6, 6.07) is 16.1. The lowest BCUT2D eigenvalue weighted by molar-refractivity contribution is -0.147. The van der Waals surface area contributed by atoms with Crippen LogP contribution in [-0.2, 0) is 25.3 Å². The Hall–Kier alpha value is -3.79. The summed E-state index contributed by atoms with van der Waals surface area (Å²) in [7, 11) is 1.62. The first-order valence-corrected chi connectivity index (χ1v) is 8.38. The minimum Gasteiger partial charge on any atom is -0.455 e. The molecule has 27 heavy (non-hydrogen) atoms. The van der Waals surface area contributed by atoms with Crippen molar-refractivity contribution in [2.75, 3.05) is 17.3 Å². The van der Waals surface area contributed by atoms with E-state index in [-0.39, 0.29) is 11.5 Å². The lowest BCUT2D eigenvalue weighted by atomic mass is 9.62. The molecule has 0 aliphatic carbocycles. The number of amides is 2. The molecule has 7 nitrogen and oxygen atoms in total. The van der Waals surface area contributed by atoms with Crippen LogP contribution in [0.2, 0.25) is 0 Å². The Kier molecular flexibility index (Phi) is 2.68. The van der Waals surface area contributed by atoms with E-state index in [0.29, 0.717) is 22.5 Å². The number of hydrogen-bond donors (Lipinski definition) is 2. The van der Waals surface area contributed by atoms with E-state index in [1.807, 2.05) is 6.07 Å². The second kappa shape index (κ2) is 4.68. The largest absolute Gasteiger partial charge is 0.455 e. The quantitative estimate of drug-likeness (QED) is 0.741. The van der Waals surface area contributed by atoms with E-state index in [0.717, 1.165) is 0 Å². The van der Waals surface area contributed by atoms with E-state index in [9.17, 15) is 14.9 Å². The summed E-state index contributed by atoms with van der Waals surface area (Å²) >= 11 is 0. The van der Waals surface area contributed by atoms with Gasteiger partial charge in [-0.1, -0.05) is 36.4 Å². The van der Waals surface area contributed by atoms with E-state index in [4.69, 9.17) is 10.5 Å². The van der Waals surface area contributed by atoms with Crippen molar-refractivity contribution in [3.8, 4) is 6.07 Å². The minimum absolute atomic E-state index is 0.0524. The first kappa shape index (κ1) is 15.5. The van der Waals surface area contributed by atoms with Crippen LogP contribution in [0.1, 0.15) is 11.1 Å². The van der Waals surface area contributed by atoms with Crippen LogP contribution >= 0.6 is 0 Å². The fourth-order valence-electron chi connectivity index (χ4n) is 4.63. The summed E-state index contributed by atoms with van der Waals surface area (Å²) in [6.07, 6.45) is 0. The molecule has 0 bridgehead atoms. The molecule has 0 unspecified atom stereocenters. The molecule has 2 spiro atoms. The first-order chi connectivity index (χ1) is 13.0. The van der Waals surface area contributed by atoms with Gasteiger partial charge >= 0.3 is 0 Å². The molecule has 0 radical (unpaired) electrons. The maximum Gasteiger partial charge on any atom is 0.277 e. The number of para-hydroxylation sites is 2. The summed E-state index contributed by atoms with van der Waals surface area (Å²) < 4.78 is 5.97. The molecule has 0 fully saturated rings. The average Bonchev–Trinajstić information content (AvgIpc) is 3.21. The zero-order valence-electron chi connectivity index (χ0n) is 14.3. The maximum atomic E-state index is 13.5. The molecular formula is C20H14N4O3. The standard InChI is InChI=1S/C20H14N4O3/c1-24-15-9-5-3-7-12(15)20(18(24)26)19(13(10-21)16(22)27-20)11-6-2-4-8-14(11)23-17(19)25/h2-9H,22H2,1H3,(H,23,25)/t19-,20-/m0/s1. The minimum atomic E-state index is -1.76. The van der Waals surface area contributed by atoms with Crippen molar-refractivity contribution < 1.29 is 14.3 Å². The molecule has 2 aromatic rings. The zero-order chi connectivity index (χ0) is 19.0. The Morgan fingerprint density at radius 1 is 1.11 bits per heavy atom. The second-order valence-electron chi connectivity index (χ2n) is 6.77. The molecular weight excluding hydrogens is 344 g/mol. The fraction of sp³-hybridized carbons (Fsp3) is 0.150. The van der Waals surface area contributed by atoms with Gasteiger partial charge in [-0.15, -0.1) is 0 Å². The number of fused-ring (bicyclic) bond motifs is 5. The number of carbonyl (C=O) groups excluding carboxylic acids is 2. The number of ether oxygens (including phenoxy) is 1. The predicted molar refractivity (Wildman–Crippen MR) is 96.2 cm³/mol. The van der Waals surface area contributed by atoms with Crippen LogP contribution in [0.25, 0.3) is 0 Å². The van der Waals surface area contributed by atoms with E-state index in [1.165, 1.54) is 4.90 Å². The summed E-state index contributed by atoms with van der Waals surface area (Å²) in [6.45, 7) is 0. The van der Waals surface area contributed by atoms with E-state index in [2.05, 4.69) is 5.32 Å². The van der Waals surface area contributed by atoms with Crippen molar-refractivity contribution in [1.29, 1.82) is 5.26 Å². The highest BCUT2D eigenvalue weighted by Crippen LogP contribution is 2.63. The van der Waals surface area contributed by atoms with Crippen LogP contribution in [0.3, 0.4) is 0 Å². The van der Waals surface area contributed by atoms with Gasteiger partial charge in [0.2, 0.25) is 17.4 Å². The number of nitrogens with two attached hydrogens (primary N) is 1. The highest BCUT2D eigenvalue weighted by molar-refractivity contribution is 6.19. The molecule has 132 valence electrons. The number of benzene rings is 2. The van der Waals surface area contributed by atoms with Crippen molar-refractivity contribution in [2.24, 2.45) is 5.73 Å². The Balaban J connectivity index is 1.96. The molecule has 7 heteroatoms. The number of nitrogens with one attached hydrogen (secondary N) is 1. The van der Waals surface area contributed by atoms with Gasteiger partial charge in [0.15, 0.2) is 5.41 Å². The van der Waals surface area contributed by atoms with Crippen molar-refractivity contribution in [3.63, 3.8) is 0 Å². The molecule has 3 N–H and O–H groups in total. The Bertz CT molecular complexity index is 1130. The monoisotopic (exact) mass is 358 g/mol. The molecule has 3 heterocycles. The van der Waals surface area contributed by atoms with Crippen LogP contribution < -0.4 is 16.0 Å². The summed E-state index contributed by atoms with van der Waals surface area (Å²) in [4.78, 5) is 28.4. The highest BCUT2D eigenvalue weighted by atomic mass is 16.5. The highest BCUT2D eigenvalue weighted by Gasteiger charge is 2.77. The van der Waals surface area contributed by atoms with E-state index < -0.39 is 22.8 Å². The van der Waals surface area contributed by atoms with Crippen molar-refractivity contribution in [3.05, 3.63) is 71.1 Å². The summed E-state index contributed by atoms with van der Waals surface area (Å²) in [5, 5.41) is 12.7. The van der Waals surface area contributed by atoms with Gasteiger partial charge in [0.05, 0.1) is 5.69 Å². The van der Waals surface area contributed by atoms with Crippen LogP contribution in [0.5, 0.6) is 0 Å². The molecule has 2 amide bonds. The molecule has 5 rings (SSSR count). The topological polar surface area (TPSA) is 108 Å². The van der Waals surface area contributed by atoms with Crippen LogP contribution in [0.4, 0.5) is 11.4 Å². The molecule has 2 aromatic carbocycles. The fourth-order valence-corrected chi connectivity index (χ4v) is 4.63. The zero-order valence-corrected chi connectivity index (χ0v) is 14.3. The third kappa shape index (κ3) is 1.41. The first-order valence-electron chi connectivity index (χ1n) is 8.38. The molecule has 0 aromatic heterocycles. The lowest BCUT2D eigenvalue weighted by Crippen LogP contribution is -2.57. The Labute approximate surface area is 154 Å². The number of anilines is 2. The summed E-state index contributed by atoms with van der Waals surface area (Å²) in [5.41, 5.74) is 4.74. The number of carbonyl (C=O) groups is 2. The third-order valence-electron chi connectivity index (χ3n) is 5.69. The normalized spacial score (nSPS) is 27.6. The molecule has 0 saturated heterocycles. The Morgan fingerprint density at radius 3 is 2.52 bits per heavy atom. The van der Waals surface area contributed by atoms with Gasteiger partial charge in [-0.25, -0.2) is 0 Å². The Morgan fingerprint density at radius 2 is 1.78 bits per heavy atom. The van der Waals surface area contributed by atoms with Crippen LogP contribution in [0, 0.1) is 11.3 Å². The number of rotatable bonds is 0. The molecule has 3 aliphatic rings. The number of nitriles is 1. The predicted octanol–water partition coefficient (Wildman–Crippen LogP) is 1.47. The van der Waals surface area contributed by atoms with Crippen molar-refractivity contribution >= 4 is 23.2 Å². The van der Waals surface area contributed by atoms with Crippen molar-refractivity contribution in [1.82, 2.24) is 0 Å². The SMILES string of the molecule is CN1C(=O)[C@@]2(OC(N)=C(C#N)[C@@]23C(=O)Nc2ccccc23)c2ccccc21. The van der Waals surface area contributed by atoms with E-state index in [1.54, 1.807) is 55.6 Å². The summed E-state index contributed by atoms with van der Waals surface area (Å²) in [5.74, 6) is -1.15. The number of likely N-dealkylation sites (N-methyl/N-ethyl adjacent to an activating group) is 1. The van der Waals surface area contributed by atoms with Gasteiger partial charge in [-0.3, -0.25) is 9.59 Å². The van der Waals surface area contributed by atoms with Gasteiger partial charge in [0, 0.05) is 23.9 Å². The molecule has 0 saturated carbocycles. The average molecular weight is 358 g/mol. The molecule has 3 aliphatic heterocycles. The van der Waals surface area contributed by atoms with E-state index >= 15 is 0 Å². The second-order valence-corrected chi connectivity index (χ2v) is 6.77. The van der Waals surface area contributed by atoms with Gasteiger partial charge in [-0.2, -0.15) is 5.26 Å². The van der Waals surface area contributed by atoms with Crippen molar-refractivity contribution in [2.45, 2.75) is 11.0 Å². The van der Waals surface area contributed by atoms with Gasteiger partial charge in [0.1, 0.15) is 11.6 Å². The van der Waals surface area contributed by atoms with Gasteiger partial charge in [0.25, 0.3) is 5.91 Å². The molecule has 2 atom stereocenters. The maximum absolute atomic E-state index is 13.5. The van der Waals surface area contributed by atoms with Crippen LogP contribution in [-0.4, -0.2) is 18.9 Å². The van der Waals surface area contributed by atoms with Gasteiger partial charge < -0.3 is 20.7 Å². The van der Waals surface area contributed by atoms with Gasteiger partial charge in [-0.05, 0) is 12.1 Å². The lowest BCUT2D eigenvalue weighted by Gasteiger charge is -2.36. The third-order valence-corrected chi connectivity index (χ3v) is 5.69. The number of hydrogen-bond acceptors (Lipinski definition) is 5.